The summed E-state index contributed by atoms with van der Waals surface area (Å²) in [4.78, 5) is 41.5. The SMILES string of the molecule is CC(=O)c1cccc(CN2C(=O)N(Cc3cccc(C(C)=O)c3)C3C2CS[C@H]3CCCCCO)c1. The van der Waals surface area contributed by atoms with Crippen molar-refractivity contribution in [2.24, 2.45) is 0 Å². The molecular formula is C28H34N2O4S. The maximum absolute atomic E-state index is 13.8. The summed E-state index contributed by atoms with van der Waals surface area (Å²) in [6, 6.07) is 15.3. The third kappa shape index (κ3) is 5.78. The first-order chi connectivity index (χ1) is 16.9. The summed E-state index contributed by atoms with van der Waals surface area (Å²) >= 11 is 1.93. The number of aliphatic hydroxyl groups is 1. The molecule has 2 unspecified atom stereocenters. The molecule has 0 radical (unpaired) electrons. The van der Waals surface area contributed by atoms with Gasteiger partial charge in [-0.25, -0.2) is 4.79 Å². The molecule has 0 saturated carbocycles. The van der Waals surface area contributed by atoms with E-state index in [1.807, 2.05) is 70.1 Å². The minimum absolute atomic E-state index is 0.0158. The van der Waals surface area contributed by atoms with Crippen LogP contribution in [0.3, 0.4) is 0 Å². The highest BCUT2D eigenvalue weighted by Crippen LogP contribution is 2.42. The van der Waals surface area contributed by atoms with E-state index in [-0.39, 0.29) is 36.3 Å². The number of carbonyl (C=O) groups excluding carboxylic acids is 3. The van der Waals surface area contributed by atoms with E-state index >= 15 is 0 Å². The number of benzene rings is 2. The molecule has 2 amide bonds. The van der Waals surface area contributed by atoms with Crippen molar-refractivity contribution in [2.75, 3.05) is 12.4 Å². The minimum Gasteiger partial charge on any atom is -0.396 e. The van der Waals surface area contributed by atoms with Crippen molar-refractivity contribution in [1.29, 1.82) is 0 Å². The summed E-state index contributed by atoms with van der Waals surface area (Å²) in [5.74, 6) is 0.920. The fourth-order valence-corrected chi connectivity index (χ4v) is 6.88. The Hall–Kier alpha value is -2.64. The Morgan fingerprint density at radius 1 is 0.914 bits per heavy atom. The quantitative estimate of drug-likeness (QED) is 0.272. The van der Waals surface area contributed by atoms with Gasteiger partial charge in [0.05, 0.1) is 12.1 Å². The number of hydrogen-bond donors (Lipinski definition) is 1. The van der Waals surface area contributed by atoms with Gasteiger partial charge in [-0.05, 0) is 49.9 Å². The van der Waals surface area contributed by atoms with E-state index in [0.29, 0.717) is 29.5 Å². The summed E-state index contributed by atoms with van der Waals surface area (Å²) in [5, 5.41) is 9.47. The second kappa shape index (κ2) is 11.4. The lowest BCUT2D eigenvalue weighted by Gasteiger charge is -2.27. The standard InChI is InChI=1S/C28H34N2O4S/c1-19(32)23-10-6-8-21(14-23)16-29-25-18-35-26(12-4-3-5-13-31)27(25)30(28(29)34)17-22-9-7-11-24(15-22)20(2)33/h6-11,14-15,25-27,31H,3-5,12-13,16-18H2,1-2H3/t25?,26-,27?/m0/s1. The molecule has 2 fully saturated rings. The van der Waals surface area contributed by atoms with Crippen molar-refractivity contribution in [2.45, 2.75) is 70.0 Å². The fourth-order valence-electron chi connectivity index (χ4n) is 5.20. The molecule has 0 bridgehead atoms. The number of fused-ring (bicyclic) bond motifs is 1. The van der Waals surface area contributed by atoms with Gasteiger partial charge in [0.25, 0.3) is 0 Å². The molecule has 1 N–H and O–H groups in total. The predicted octanol–water partition coefficient (Wildman–Crippen LogP) is 4.93. The zero-order valence-corrected chi connectivity index (χ0v) is 21.3. The lowest BCUT2D eigenvalue weighted by Crippen LogP contribution is -2.40. The first kappa shape index (κ1) is 25.5. The van der Waals surface area contributed by atoms with Gasteiger partial charge in [0, 0.05) is 41.8 Å². The van der Waals surface area contributed by atoms with Crippen LogP contribution in [-0.2, 0) is 13.1 Å². The van der Waals surface area contributed by atoms with Gasteiger partial charge < -0.3 is 14.9 Å². The van der Waals surface area contributed by atoms with Gasteiger partial charge in [0.15, 0.2) is 11.6 Å². The second-order valence-corrected chi connectivity index (χ2v) is 10.8. The van der Waals surface area contributed by atoms with Crippen LogP contribution in [0.2, 0.25) is 0 Å². The van der Waals surface area contributed by atoms with Crippen molar-refractivity contribution in [3.05, 3.63) is 70.8 Å². The molecular weight excluding hydrogens is 460 g/mol. The van der Waals surface area contributed by atoms with Crippen LogP contribution in [0.15, 0.2) is 48.5 Å². The lowest BCUT2D eigenvalue weighted by molar-refractivity contribution is 0.100. The smallest absolute Gasteiger partial charge is 0.321 e. The number of urea groups is 1. The second-order valence-electron chi connectivity index (χ2n) is 9.55. The van der Waals surface area contributed by atoms with Gasteiger partial charge in [-0.3, -0.25) is 9.59 Å². The van der Waals surface area contributed by atoms with Crippen molar-refractivity contribution in [3.63, 3.8) is 0 Å². The molecule has 2 heterocycles. The average Bonchev–Trinajstić information content (AvgIpc) is 3.36. The third-order valence-electron chi connectivity index (χ3n) is 7.03. The van der Waals surface area contributed by atoms with E-state index < -0.39 is 0 Å². The highest BCUT2D eigenvalue weighted by Gasteiger charge is 2.52. The summed E-state index contributed by atoms with van der Waals surface area (Å²) in [5.41, 5.74) is 3.24. The molecule has 0 aromatic heterocycles. The maximum Gasteiger partial charge on any atom is 0.321 e. The third-order valence-corrected chi connectivity index (χ3v) is 8.50. The molecule has 3 atom stereocenters. The van der Waals surface area contributed by atoms with Crippen molar-refractivity contribution < 1.29 is 19.5 Å². The molecule has 4 rings (SSSR count). The van der Waals surface area contributed by atoms with Gasteiger partial charge in [0.2, 0.25) is 0 Å². The van der Waals surface area contributed by atoms with E-state index in [1.165, 1.54) is 0 Å². The molecule has 2 aliphatic rings. The molecule has 2 aromatic carbocycles. The monoisotopic (exact) mass is 494 g/mol. The number of Topliss-reactive ketones (excluding diaryl/α,β-unsaturated/α-hetero) is 2. The highest BCUT2D eigenvalue weighted by molar-refractivity contribution is 8.00. The van der Waals surface area contributed by atoms with Crippen LogP contribution in [0, 0.1) is 0 Å². The number of hydrogen-bond acceptors (Lipinski definition) is 5. The normalized spacial score (nSPS) is 21.5. The summed E-state index contributed by atoms with van der Waals surface area (Å²) in [6.07, 6.45) is 3.84. The zero-order valence-electron chi connectivity index (χ0n) is 20.5. The largest absolute Gasteiger partial charge is 0.396 e. The minimum atomic E-state index is 0.0158. The van der Waals surface area contributed by atoms with E-state index in [1.54, 1.807) is 13.8 Å². The topological polar surface area (TPSA) is 77.9 Å². The van der Waals surface area contributed by atoms with E-state index in [4.69, 9.17) is 5.11 Å². The van der Waals surface area contributed by atoms with Crippen LogP contribution in [0.4, 0.5) is 4.79 Å². The fraction of sp³-hybridized carbons (Fsp3) is 0.464. The molecule has 6 nitrogen and oxygen atoms in total. The molecule has 35 heavy (non-hydrogen) atoms. The van der Waals surface area contributed by atoms with Crippen LogP contribution < -0.4 is 0 Å². The van der Waals surface area contributed by atoms with Crippen LogP contribution >= 0.6 is 11.8 Å². The number of carbonyl (C=O) groups is 3. The van der Waals surface area contributed by atoms with Crippen molar-refractivity contribution in [3.8, 4) is 0 Å². The summed E-state index contributed by atoms with van der Waals surface area (Å²) in [6.45, 7) is 4.28. The number of thioether (sulfide) groups is 1. The Labute approximate surface area is 211 Å². The molecule has 2 saturated heterocycles. The molecule has 2 aliphatic heterocycles. The summed E-state index contributed by atoms with van der Waals surface area (Å²) < 4.78 is 0. The Balaban J connectivity index is 1.58. The van der Waals surface area contributed by atoms with Gasteiger partial charge in [-0.2, -0.15) is 11.8 Å². The van der Waals surface area contributed by atoms with Crippen molar-refractivity contribution in [1.82, 2.24) is 9.80 Å². The van der Waals surface area contributed by atoms with E-state index in [2.05, 4.69) is 0 Å². The van der Waals surface area contributed by atoms with E-state index in [0.717, 1.165) is 42.6 Å². The Bertz CT molecular complexity index is 1090. The number of nitrogens with zero attached hydrogens (tertiary/aromatic N) is 2. The number of aliphatic hydroxyl groups excluding tert-OH is 1. The van der Waals surface area contributed by atoms with E-state index in [9.17, 15) is 14.4 Å². The Kier molecular flexibility index (Phi) is 8.29. The van der Waals surface area contributed by atoms with Gasteiger partial charge in [-0.1, -0.05) is 49.2 Å². The number of ketones is 2. The first-order valence-corrected chi connectivity index (χ1v) is 13.4. The van der Waals surface area contributed by atoms with Crippen LogP contribution in [-0.4, -0.2) is 62.2 Å². The van der Waals surface area contributed by atoms with Gasteiger partial charge in [-0.15, -0.1) is 0 Å². The molecule has 186 valence electrons. The molecule has 0 aliphatic carbocycles. The lowest BCUT2D eigenvalue weighted by atomic mass is 10.00. The number of amides is 2. The number of rotatable bonds is 11. The van der Waals surface area contributed by atoms with Crippen molar-refractivity contribution >= 4 is 29.4 Å². The van der Waals surface area contributed by atoms with Crippen LogP contribution in [0.1, 0.15) is 71.4 Å². The predicted molar refractivity (Wildman–Crippen MR) is 139 cm³/mol. The Morgan fingerprint density at radius 3 is 2.09 bits per heavy atom. The van der Waals surface area contributed by atoms with Crippen LogP contribution in [0.25, 0.3) is 0 Å². The highest BCUT2D eigenvalue weighted by atomic mass is 32.2. The molecule has 7 heteroatoms. The number of unbranched alkanes of at least 4 members (excludes halogenated alkanes) is 2. The first-order valence-electron chi connectivity index (χ1n) is 12.4. The summed E-state index contributed by atoms with van der Waals surface area (Å²) in [7, 11) is 0. The zero-order chi connectivity index (χ0) is 24.9. The van der Waals surface area contributed by atoms with Gasteiger partial charge >= 0.3 is 6.03 Å². The van der Waals surface area contributed by atoms with Crippen LogP contribution in [0.5, 0.6) is 0 Å². The molecule has 2 aromatic rings. The van der Waals surface area contributed by atoms with Gasteiger partial charge in [0.1, 0.15) is 0 Å². The maximum atomic E-state index is 13.8. The molecule has 0 spiro atoms. The average molecular weight is 495 g/mol. The Morgan fingerprint density at radius 2 is 1.51 bits per heavy atom.